The predicted molar refractivity (Wildman–Crippen MR) is 81.5 cm³/mol. The summed E-state index contributed by atoms with van der Waals surface area (Å²) in [6.45, 7) is 2.02. The predicted octanol–water partition coefficient (Wildman–Crippen LogP) is 3.65. The molecule has 96 valence electrons. The Hall–Kier alpha value is -1.66. The van der Waals surface area contributed by atoms with Gasteiger partial charge in [-0.1, -0.05) is 0 Å². The maximum absolute atomic E-state index is 6.04. The van der Waals surface area contributed by atoms with Crippen molar-refractivity contribution >= 4 is 33.0 Å². The van der Waals surface area contributed by atoms with Crippen LogP contribution in [0, 0.1) is 6.92 Å². The van der Waals surface area contributed by atoms with Gasteiger partial charge in [-0.3, -0.25) is 0 Å². The van der Waals surface area contributed by atoms with Crippen molar-refractivity contribution in [3.05, 3.63) is 46.0 Å². The summed E-state index contributed by atoms with van der Waals surface area (Å²) in [6, 6.07) is 7.92. The Morgan fingerprint density at radius 1 is 1.32 bits per heavy atom. The molecule has 0 aliphatic carbocycles. The number of hydrogen-bond acceptors (Lipinski definition) is 4. The highest BCUT2D eigenvalue weighted by Crippen LogP contribution is 2.33. The van der Waals surface area contributed by atoms with Gasteiger partial charge in [-0.05, 0) is 52.7 Å². The van der Waals surface area contributed by atoms with Gasteiger partial charge in [0.2, 0.25) is 0 Å². The number of pyridine rings is 1. The van der Waals surface area contributed by atoms with Gasteiger partial charge in [0.25, 0.3) is 0 Å². The van der Waals surface area contributed by atoms with Crippen LogP contribution in [0.4, 0.5) is 5.69 Å². The van der Waals surface area contributed by atoms with E-state index in [1.54, 1.807) is 28.4 Å². The second-order valence-electron chi connectivity index (χ2n) is 4.17. The molecule has 0 aliphatic heterocycles. The van der Waals surface area contributed by atoms with E-state index in [1.807, 2.05) is 31.2 Å². The maximum atomic E-state index is 6.04. The van der Waals surface area contributed by atoms with Gasteiger partial charge in [0, 0.05) is 6.20 Å². The highest BCUT2D eigenvalue weighted by atomic mass is 79.9. The molecule has 0 radical (unpaired) electrons. The average Bonchev–Trinajstić information content (AvgIpc) is 2.95. The monoisotopic (exact) mass is 334 g/mol. The number of nitrogens with zero attached hydrogens (tertiary/aromatic N) is 3. The summed E-state index contributed by atoms with van der Waals surface area (Å²) in [4.78, 5) is 5.34. The first-order valence-electron chi connectivity index (χ1n) is 5.67. The number of aryl methyl sites for hydroxylation is 1. The summed E-state index contributed by atoms with van der Waals surface area (Å²) in [5.41, 5.74) is 8.62. The smallest absolute Gasteiger partial charge is 0.153 e. The molecule has 0 saturated carbocycles. The van der Waals surface area contributed by atoms with Gasteiger partial charge in [0.1, 0.15) is 5.69 Å². The minimum Gasteiger partial charge on any atom is -0.396 e. The molecular weight excluding hydrogens is 324 g/mol. The normalized spacial score (nSPS) is 10.8. The van der Waals surface area contributed by atoms with Crippen molar-refractivity contribution in [2.24, 2.45) is 0 Å². The van der Waals surface area contributed by atoms with Crippen LogP contribution in [0.3, 0.4) is 0 Å². The van der Waals surface area contributed by atoms with E-state index in [1.165, 1.54) is 0 Å². The minimum atomic E-state index is 0.651. The van der Waals surface area contributed by atoms with Crippen LogP contribution >= 0.6 is 27.3 Å². The number of nitrogen functional groups attached to an aromatic ring is 1. The summed E-state index contributed by atoms with van der Waals surface area (Å²) in [6.07, 6.45) is 3.56. The van der Waals surface area contributed by atoms with E-state index >= 15 is 0 Å². The summed E-state index contributed by atoms with van der Waals surface area (Å²) < 4.78 is 2.77. The Bertz CT molecular complexity index is 732. The van der Waals surface area contributed by atoms with Crippen LogP contribution in [0.15, 0.2) is 40.4 Å². The lowest BCUT2D eigenvalue weighted by Crippen LogP contribution is -1.98. The third-order valence-corrected chi connectivity index (χ3v) is 4.32. The molecule has 3 aromatic rings. The zero-order chi connectivity index (χ0) is 13.4. The molecule has 3 heterocycles. The highest BCUT2D eigenvalue weighted by molar-refractivity contribution is 9.11. The fraction of sp³-hybridized carbons (Fsp3) is 0.0769. The van der Waals surface area contributed by atoms with Crippen LogP contribution in [0.1, 0.15) is 5.56 Å². The SMILES string of the molecule is Cc1ccnc(-n2cc(N)c(-c3ccc(Br)s3)n2)c1. The number of halogens is 1. The molecule has 0 spiro atoms. The van der Waals surface area contributed by atoms with Gasteiger partial charge in [0.05, 0.1) is 20.5 Å². The van der Waals surface area contributed by atoms with Crippen molar-refractivity contribution in [2.75, 3.05) is 5.73 Å². The largest absolute Gasteiger partial charge is 0.396 e. The van der Waals surface area contributed by atoms with Crippen LogP contribution in [0.25, 0.3) is 16.4 Å². The summed E-state index contributed by atoms with van der Waals surface area (Å²) in [7, 11) is 0. The van der Waals surface area contributed by atoms with Crippen molar-refractivity contribution in [2.45, 2.75) is 6.92 Å². The maximum Gasteiger partial charge on any atom is 0.153 e. The van der Waals surface area contributed by atoms with Crippen molar-refractivity contribution in [3.63, 3.8) is 0 Å². The third kappa shape index (κ3) is 2.41. The standard InChI is InChI=1S/C13H11BrN4S/c1-8-4-5-16-12(6-8)18-7-9(15)13(17-18)10-2-3-11(14)19-10/h2-7H,15H2,1H3. The highest BCUT2D eigenvalue weighted by Gasteiger charge is 2.12. The van der Waals surface area contributed by atoms with Crippen LogP contribution < -0.4 is 5.73 Å². The first kappa shape index (κ1) is 12.4. The van der Waals surface area contributed by atoms with Crippen LogP contribution in [-0.4, -0.2) is 14.8 Å². The molecular formula is C13H11BrN4S. The molecule has 2 N–H and O–H groups in total. The molecule has 0 fully saturated rings. The fourth-order valence-electron chi connectivity index (χ4n) is 1.78. The molecule has 0 unspecified atom stereocenters. The summed E-state index contributed by atoms with van der Waals surface area (Å²) >= 11 is 5.05. The molecule has 0 amide bonds. The molecule has 4 nitrogen and oxygen atoms in total. The first-order valence-corrected chi connectivity index (χ1v) is 7.28. The molecule has 0 atom stereocenters. The lowest BCUT2D eigenvalue weighted by molar-refractivity contribution is 0.849. The summed E-state index contributed by atoms with van der Waals surface area (Å²) in [5, 5.41) is 4.52. The number of thiophene rings is 1. The molecule has 3 aromatic heterocycles. The molecule has 6 heteroatoms. The van der Waals surface area contributed by atoms with E-state index in [-0.39, 0.29) is 0 Å². The van der Waals surface area contributed by atoms with Gasteiger partial charge in [-0.15, -0.1) is 11.3 Å². The van der Waals surface area contributed by atoms with E-state index in [2.05, 4.69) is 26.0 Å². The summed E-state index contributed by atoms with van der Waals surface area (Å²) in [5.74, 6) is 0.772. The zero-order valence-corrected chi connectivity index (χ0v) is 12.6. The van der Waals surface area contributed by atoms with E-state index in [9.17, 15) is 0 Å². The Kier molecular flexibility index (Phi) is 3.12. The minimum absolute atomic E-state index is 0.651. The van der Waals surface area contributed by atoms with E-state index in [0.717, 1.165) is 25.7 Å². The van der Waals surface area contributed by atoms with Gasteiger partial charge in [-0.2, -0.15) is 5.10 Å². The van der Waals surface area contributed by atoms with E-state index in [4.69, 9.17) is 5.73 Å². The van der Waals surface area contributed by atoms with E-state index < -0.39 is 0 Å². The second kappa shape index (κ2) is 4.79. The van der Waals surface area contributed by atoms with Crippen LogP contribution in [0.5, 0.6) is 0 Å². The van der Waals surface area contributed by atoms with Gasteiger partial charge in [-0.25, -0.2) is 9.67 Å². The third-order valence-electron chi connectivity index (χ3n) is 2.68. The Balaban J connectivity index is 2.06. The average molecular weight is 335 g/mol. The number of nitrogens with two attached hydrogens (primary N) is 1. The first-order chi connectivity index (χ1) is 9.13. The van der Waals surface area contributed by atoms with Crippen molar-refractivity contribution in [1.29, 1.82) is 0 Å². The lowest BCUT2D eigenvalue weighted by Gasteiger charge is -2.00. The van der Waals surface area contributed by atoms with Crippen molar-refractivity contribution in [1.82, 2.24) is 14.8 Å². The lowest BCUT2D eigenvalue weighted by atomic mass is 10.3. The van der Waals surface area contributed by atoms with Gasteiger partial charge >= 0.3 is 0 Å². The van der Waals surface area contributed by atoms with Crippen LogP contribution in [-0.2, 0) is 0 Å². The number of anilines is 1. The molecule has 0 bridgehead atoms. The van der Waals surface area contributed by atoms with Gasteiger partial charge < -0.3 is 5.73 Å². The topological polar surface area (TPSA) is 56.7 Å². The van der Waals surface area contributed by atoms with Crippen molar-refractivity contribution < 1.29 is 0 Å². The zero-order valence-electron chi connectivity index (χ0n) is 10.2. The number of rotatable bonds is 2. The molecule has 0 aromatic carbocycles. The number of hydrogen-bond donors (Lipinski definition) is 1. The molecule has 0 saturated heterocycles. The molecule has 3 rings (SSSR count). The van der Waals surface area contributed by atoms with Crippen molar-refractivity contribution in [3.8, 4) is 16.4 Å². The van der Waals surface area contributed by atoms with Gasteiger partial charge in [0.15, 0.2) is 5.82 Å². The fourth-order valence-corrected chi connectivity index (χ4v) is 3.18. The van der Waals surface area contributed by atoms with Crippen LogP contribution in [0.2, 0.25) is 0 Å². The number of aromatic nitrogens is 3. The molecule has 0 aliphatic rings. The second-order valence-corrected chi connectivity index (χ2v) is 6.64. The Morgan fingerprint density at radius 2 is 2.16 bits per heavy atom. The quantitative estimate of drug-likeness (QED) is 0.778. The van der Waals surface area contributed by atoms with E-state index in [0.29, 0.717) is 5.69 Å². The molecule has 19 heavy (non-hydrogen) atoms. The Labute approximate surface area is 123 Å². The Morgan fingerprint density at radius 3 is 2.84 bits per heavy atom.